The summed E-state index contributed by atoms with van der Waals surface area (Å²) in [5.74, 6) is -0.574. The van der Waals surface area contributed by atoms with Crippen molar-refractivity contribution in [2.24, 2.45) is 0 Å². The maximum absolute atomic E-state index is 12.3. The molecule has 38 heavy (non-hydrogen) atoms. The summed E-state index contributed by atoms with van der Waals surface area (Å²) in [6, 6.07) is 17.8. The third-order valence-electron chi connectivity index (χ3n) is 6.55. The fraction of sp³-hybridized carbons (Fsp3) is 0.406. The van der Waals surface area contributed by atoms with Crippen molar-refractivity contribution in [1.29, 1.82) is 0 Å². The van der Waals surface area contributed by atoms with E-state index < -0.39 is 5.97 Å². The van der Waals surface area contributed by atoms with E-state index in [1.807, 2.05) is 12.4 Å². The zero-order valence-electron chi connectivity index (χ0n) is 23.0. The summed E-state index contributed by atoms with van der Waals surface area (Å²) >= 11 is 0. The highest BCUT2D eigenvalue weighted by atomic mass is 16.5. The average molecular weight is 517 g/mol. The second kappa shape index (κ2) is 13.8. The molecule has 6 heteroatoms. The van der Waals surface area contributed by atoms with Crippen LogP contribution >= 0.6 is 0 Å². The van der Waals surface area contributed by atoms with Crippen LogP contribution in [0.1, 0.15) is 93.8 Å². The Morgan fingerprint density at radius 3 is 2.29 bits per heavy atom. The predicted octanol–water partition coefficient (Wildman–Crippen LogP) is 7.34. The molecule has 0 spiro atoms. The number of hydrogen-bond donors (Lipinski definition) is 2. The van der Waals surface area contributed by atoms with Crippen LogP contribution in [0.5, 0.6) is 5.75 Å². The molecule has 0 aliphatic heterocycles. The Labute approximate surface area is 226 Å². The molecule has 0 aliphatic carbocycles. The van der Waals surface area contributed by atoms with Crippen molar-refractivity contribution in [3.63, 3.8) is 0 Å². The summed E-state index contributed by atoms with van der Waals surface area (Å²) in [5, 5.41) is 11.4. The third-order valence-corrected chi connectivity index (χ3v) is 6.55. The highest BCUT2D eigenvalue weighted by Gasteiger charge is 2.17. The number of amides is 1. The van der Waals surface area contributed by atoms with Crippen molar-refractivity contribution in [3.05, 3.63) is 83.7 Å². The van der Waals surface area contributed by atoms with Gasteiger partial charge in [-0.3, -0.25) is 14.6 Å². The topological polar surface area (TPSA) is 88.5 Å². The molecule has 1 amide bonds. The molecule has 2 N–H and O–H groups in total. The molecule has 1 atom stereocenters. The Bertz CT molecular complexity index is 1180. The molecule has 202 valence electrons. The van der Waals surface area contributed by atoms with Crippen molar-refractivity contribution in [3.8, 4) is 16.9 Å². The van der Waals surface area contributed by atoms with Gasteiger partial charge in [0.1, 0.15) is 11.9 Å². The lowest BCUT2D eigenvalue weighted by molar-refractivity contribution is -0.136. The van der Waals surface area contributed by atoms with E-state index in [1.54, 1.807) is 24.3 Å². The summed E-state index contributed by atoms with van der Waals surface area (Å²) in [6.07, 6.45) is 8.92. The van der Waals surface area contributed by atoms with Gasteiger partial charge in [0.05, 0.1) is 6.42 Å². The number of rotatable bonds is 13. The molecule has 0 radical (unpaired) electrons. The first-order valence-corrected chi connectivity index (χ1v) is 13.5. The number of carbonyl (C=O) groups is 2. The van der Waals surface area contributed by atoms with Crippen molar-refractivity contribution >= 4 is 11.9 Å². The lowest BCUT2D eigenvalue weighted by Gasteiger charge is -2.21. The smallest absolute Gasteiger partial charge is 0.305 e. The number of carboxylic acids is 1. The van der Waals surface area contributed by atoms with Gasteiger partial charge >= 0.3 is 5.97 Å². The summed E-state index contributed by atoms with van der Waals surface area (Å²) in [5.41, 5.74) is 5.06. The molecular weight excluding hydrogens is 476 g/mol. The fourth-order valence-corrected chi connectivity index (χ4v) is 4.24. The monoisotopic (exact) mass is 516 g/mol. The molecule has 1 aromatic heterocycles. The third kappa shape index (κ3) is 8.72. The van der Waals surface area contributed by atoms with E-state index in [-0.39, 0.29) is 30.4 Å². The van der Waals surface area contributed by atoms with Gasteiger partial charge in [0.15, 0.2) is 0 Å². The van der Waals surface area contributed by atoms with Gasteiger partial charge in [0.25, 0.3) is 5.91 Å². The van der Waals surface area contributed by atoms with E-state index in [2.05, 4.69) is 68.3 Å². The van der Waals surface area contributed by atoms with Crippen LogP contribution in [0, 0.1) is 0 Å². The SMILES string of the molecule is CCCCCC[C@@H](Oc1ccc(C(=O)NCCC(=O)O)cc1)c1cncc(-c2ccc(C(C)(C)C)cc2)c1. The van der Waals surface area contributed by atoms with Gasteiger partial charge in [-0.05, 0) is 59.7 Å². The summed E-state index contributed by atoms with van der Waals surface area (Å²) < 4.78 is 6.43. The zero-order chi connectivity index (χ0) is 27.5. The minimum atomic E-state index is -0.945. The quantitative estimate of drug-likeness (QED) is 0.232. The normalized spacial score (nSPS) is 12.1. The van der Waals surface area contributed by atoms with Crippen LogP contribution in [-0.2, 0) is 10.2 Å². The van der Waals surface area contributed by atoms with Gasteiger partial charge in [-0.25, -0.2) is 0 Å². The average Bonchev–Trinajstić information content (AvgIpc) is 2.90. The predicted molar refractivity (Wildman–Crippen MR) is 152 cm³/mol. The van der Waals surface area contributed by atoms with Crippen molar-refractivity contribution < 1.29 is 19.4 Å². The summed E-state index contributed by atoms with van der Waals surface area (Å²) in [4.78, 5) is 27.5. The summed E-state index contributed by atoms with van der Waals surface area (Å²) in [6.45, 7) is 8.93. The number of carboxylic acid groups (broad SMARTS) is 1. The molecule has 0 unspecified atom stereocenters. The Morgan fingerprint density at radius 2 is 1.66 bits per heavy atom. The molecule has 3 aromatic rings. The van der Waals surface area contributed by atoms with Crippen molar-refractivity contribution in [2.75, 3.05) is 6.54 Å². The largest absolute Gasteiger partial charge is 0.486 e. The van der Waals surface area contributed by atoms with Gasteiger partial charge in [-0.15, -0.1) is 0 Å². The van der Waals surface area contributed by atoms with E-state index >= 15 is 0 Å². The first-order valence-electron chi connectivity index (χ1n) is 13.5. The van der Waals surface area contributed by atoms with Gasteiger partial charge in [-0.1, -0.05) is 71.2 Å². The van der Waals surface area contributed by atoms with Gasteiger partial charge in [-0.2, -0.15) is 0 Å². The maximum atomic E-state index is 12.3. The molecule has 0 saturated heterocycles. The number of hydrogen-bond acceptors (Lipinski definition) is 4. The number of pyridine rings is 1. The molecular formula is C32H40N2O4. The lowest BCUT2D eigenvalue weighted by Crippen LogP contribution is -2.25. The molecule has 3 rings (SSSR count). The van der Waals surface area contributed by atoms with Crippen molar-refractivity contribution in [2.45, 2.75) is 77.7 Å². The lowest BCUT2D eigenvalue weighted by atomic mass is 9.86. The summed E-state index contributed by atoms with van der Waals surface area (Å²) in [7, 11) is 0. The van der Waals surface area contributed by atoms with E-state index in [1.165, 1.54) is 18.4 Å². The molecule has 6 nitrogen and oxygen atoms in total. The number of nitrogens with zero attached hydrogens (tertiary/aromatic N) is 1. The minimum absolute atomic E-state index is 0.0918. The number of aliphatic carboxylic acids is 1. The standard InChI is InChI=1S/C32H40N2O4/c1-5-6-7-8-9-29(38-28-16-12-24(13-17-28)31(37)34-19-18-30(35)36)26-20-25(21-33-22-26)23-10-14-27(15-11-23)32(2,3)4/h10-17,20-22,29H,5-9,18-19H2,1-4H3,(H,34,37)(H,35,36)/t29-/m1/s1. The number of carbonyl (C=O) groups excluding carboxylic acids is 1. The Kier molecular flexibility index (Phi) is 10.5. The van der Waals surface area contributed by atoms with Crippen LogP contribution in [0.25, 0.3) is 11.1 Å². The number of nitrogens with one attached hydrogen (secondary N) is 1. The van der Waals surface area contributed by atoms with E-state index in [0.29, 0.717) is 11.3 Å². The van der Waals surface area contributed by atoms with E-state index in [4.69, 9.17) is 9.84 Å². The number of benzene rings is 2. The first kappa shape index (κ1) is 28.9. The number of ether oxygens (including phenoxy) is 1. The van der Waals surface area contributed by atoms with E-state index in [0.717, 1.165) is 36.0 Å². The van der Waals surface area contributed by atoms with Gasteiger partial charge < -0.3 is 15.2 Å². The highest BCUT2D eigenvalue weighted by molar-refractivity contribution is 5.94. The zero-order valence-corrected chi connectivity index (χ0v) is 23.0. The van der Waals surface area contributed by atoms with Crippen LogP contribution < -0.4 is 10.1 Å². The maximum Gasteiger partial charge on any atom is 0.305 e. The number of unbranched alkanes of at least 4 members (excludes halogenated alkanes) is 3. The molecule has 2 aromatic carbocycles. The Balaban J connectivity index is 1.76. The second-order valence-electron chi connectivity index (χ2n) is 10.7. The van der Waals surface area contributed by atoms with Crippen molar-refractivity contribution in [1.82, 2.24) is 10.3 Å². The minimum Gasteiger partial charge on any atom is -0.486 e. The Hall–Kier alpha value is -3.67. The fourth-order valence-electron chi connectivity index (χ4n) is 4.24. The van der Waals surface area contributed by atoms with Gasteiger partial charge in [0, 0.05) is 35.6 Å². The van der Waals surface area contributed by atoms with Crippen LogP contribution in [0.15, 0.2) is 67.0 Å². The molecule has 0 bridgehead atoms. The van der Waals surface area contributed by atoms with E-state index in [9.17, 15) is 9.59 Å². The molecule has 0 fully saturated rings. The first-order chi connectivity index (χ1) is 18.2. The van der Waals surface area contributed by atoms with Crippen LogP contribution in [-0.4, -0.2) is 28.5 Å². The number of aromatic nitrogens is 1. The van der Waals surface area contributed by atoms with Crippen LogP contribution in [0.3, 0.4) is 0 Å². The Morgan fingerprint density at radius 1 is 0.947 bits per heavy atom. The molecule has 0 aliphatic rings. The van der Waals surface area contributed by atoms with Gasteiger partial charge in [0.2, 0.25) is 0 Å². The second-order valence-corrected chi connectivity index (χ2v) is 10.7. The van der Waals surface area contributed by atoms with Crippen LogP contribution in [0.4, 0.5) is 0 Å². The van der Waals surface area contributed by atoms with Crippen LogP contribution in [0.2, 0.25) is 0 Å². The molecule has 1 heterocycles. The molecule has 0 saturated carbocycles. The highest BCUT2D eigenvalue weighted by Crippen LogP contribution is 2.31.